The van der Waals surface area contributed by atoms with Crippen LogP contribution in [0.1, 0.15) is 0 Å². The summed E-state index contributed by atoms with van der Waals surface area (Å²) in [4.78, 5) is 0.358. The van der Waals surface area contributed by atoms with Gasteiger partial charge in [0.25, 0.3) is 0 Å². The summed E-state index contributed by atoms with van der Waals surface area (Å²) in [6.07, 6.45) is 1.70. The van der Waals surface area contributed by atoms with Gasteiger partial charge in [0.15, 0.2) is 0 Å². The lowest BCUT2D eigenvalue weighted by atomic mass is 10.3. The van der Waals surface area contributed by atoms with Gasteiger partial charge in [0.05, 0.1) is 5.02 Å². The second kappa shape index (κ2) is 3.41. The maximum Gasteiger partial charge on any atom is 0.144 e. The standard InChI is InChI=1S/C7H5ClF2S/c1-11-7-2-4(8)5(9)3-6(7)10/h2-3H,1H3. The van der Waals surface area contributed by atoms with Crippen LogP contribution in [0.4, 0.5) is 8.78 Å². The minimum Gasteiger partial charge on any atom is -0.206 e. The van der Waals surface area contributed by atoms with Crippen LogP contribution >= 0.6 is 23.4 Å². The Morgan fingerprint density at radius 1 is 1.27 bits per heavy atom. The molecule has 0 spiro atoms. The van der Waals surface area contributed by atoms with E-state index in [1.807, 2.05) is 0 Å². The molecule has 0 bridgehead atoms. The highest BCUT2D eigenvalue weighted by Crippen LogP contribution is 2.25. The number of halogens is 3. The zero-order chi connectivity index (χ0) is 8.43. The summed E-state index contributed by atoms with van der Waals surface area (Å²) >= 11 is 6.60. The number of hydrogen-bond donors (Lipinski definition) is 0. The summed E-state index contributed by atoms with van der Waals surface area (Å²) in [6.45, 7) is 0. The molecule has 60 valence electrons. The quantitative estimate of drug-likeness (QED) is 0.488. The van der Waals surface area contributed by atoms with Crippen LogP contribution in [0.3, 0.4) is 0 Å². The number of hydrogen-bond acceptors (Lipinski definition) is 1. The lowest BCUT2D eigenvalue weighted by Gasteiger charge is -1.99. The van der Waals surface area contributed by atoms with E-state index in [1.54, 1.807) is 6.26 Å². The van der Waals surface area contributed by atoms with E-state index in [-0.39, 0.29) is 5.02 Å². The summed E-state index contributed by atoms with van der Waals surface area (Å²) in [7, 11) is 0. The molecule has 11 heavy (non-hydrogen) atoms. The van der Waals surface area contributed by atoms with Crippen molar-refractivity contribution in [3.05, 3.63) is 28.8 Å². The van der Waals surface area contributed by atoms with E-state index in [0.29, 0.717) is 4.90 Å². The summed E-state index contributed by atoms with van der Waals surface area (Å²) in [6, 6.07) is 2.06. The molecule has 0 saturated heterocycles. The molecule has 0 aliphatic carbocycles. The monoisotopic (exact) mass is 194 g/mol. The molecule has 0 amide bonds. The van der Waals surface area contributed by atoms with E-state index >= 15 is 0 Å². The predicted molar refractivity (Wildman–Crippen MR) is 43.1 cm³/mol. The van der Waals surface area contributed by atoms with Crippen molar-refractivity contribution < 1.29 is 8.78 Å². The molecular weight excluding hydrogens is 190 g/mol. The van der Waals surface area contributed by atoms with Crippen molar-refractivity contribution in [2.45, 2.75) is 4.90 Å². The van der Waals surface area contributed by atoms with Crippen molar-refractivity contribution in [3.8, 4) is 0 Å². The van der Waals surface area contributed by atoms with Gasteiger partial charge in [-0.05, 0) is 12.3 Å². The largest absolute Gasteiger partial charge is 0.206 e. The first kappa shape index (κ1) is 8.81. The van der Waals surface area contributed by atoms with Gasteiger partial charge in [-0.15, -0.1) is 11.8 Å². The molecule has 0 atom stereocenters. The topological polar surface area (TPSA) is 0 Å². The molecule has 0 radical (unpaired) electrons. The third-order valence-electron chi connectivity index (χ3n) is 1.19. The third kappa shape index (κ3) is 1.84. The first-order valence-electron chi connectivity index (χ1n) is 2.83. The first-order chi connectivity index (χ1) is 5.15. The molecule has 0 unspecified atom stereocenters. The van der Waals surface area contributed by atoms with Gasteiger partial charge in [-0.2, -0.15) is 0 Å². The van der Waals surface area contributed by atoms with E-state index < -0.39 is 11.6 Å². The summed E-state index contributed by atoms with van der Waals surface area (Å²) in [5.74, 6) is -1.29. The van der Waals surface area contributed by atoms with Crippen LogP contribution in [0.2, 0.25) is 5.02 Å². The highest BCUT2D eigenvalue weighted by atomic mass is 35.5. The summed E-state index contributed by atoms with van der Waals surface area (Å²) in [5.41, 5.74) is 0. The highest BCUT2D eigenvalue weighted by molar-refractivity contribution is 7.98. The molecule has 0 fully saturated rings. The molecule has 0 aromatic heterocycles. The van der Waals surface area contributed by atoms with E-state index in [0.717, 1.165) is 6.07 Å². The van der Waals surface area contributed by atoms with Crippen LogP contribution in [0.15, 0.2) is 17.0 Å². The highest BCUT2D eigenvalue weighted by Gasteiger charge is 2.06. The SMILES string of the molecule is CSc1cc(Cl)c(F)cc1F. The van der Waals surface area contributed by atoms with Gasteiger partial charge < -0.3 is 0 Å². The fourth-order valence-corrected chi connectivity index (χ4v) is 1.38. The molecule has 1 aromatic rings. The van der Waals surface area contributed by atoms with Crippen molar-refractivity contribution in [1.82, 2.24) is 0 Å². The van der Waals surface area contributed by atoms with Crippen molar-refractivity contribution >= 4 is 23.4 Å². The molecule has 1 rings (SSSR count). The molecule has 4 heteroatoms. The zero-order valence-electron chi connectivity index (χ0n) is 5.70. The van der Waals surface area contributed by atoms with Crippen LogP contribution < -0.4 is 0 Å². The molecular formula is C7H5ClF2S. The molecule has 0 N–H and O–H groups in total. The van der Waals surface area contributed by atoms with E-state index in [9.17, 15) is 8.78 Å². The van der Waals surface area contributed by atoms with Gasteiger partial charge in [0.2, 0.25) is 0 Å². The number of rotatable bonds is 1. The Balaban J connectivity index is 3.21. The van der Waals surface area contributed by atoms with Crippen LogP contribution in [0, 0.1) is 11.6 Å². The first-order valence-corrected chi connectivity index (χ1v) is 4.44. The smallest absolute Gasteiger partial charge is 0.144 e. The molecule has 0 heterocycles. The Morgan fingerprint density at radius 2 is 1.91 bits per heavy atom. The van der Waals surface area contributed by atoms with Crippen LogP contribution in [-0.4, -0.2) is 6.26 Å². The van der Waals surface area contributed by atoms with Crippen LogP contribution in [0.25, 0.3) is 0 Å². The lowest BCUT2D eigenvalue weighted by Crippen LogP contribution is -1.84. The Kier molecular flexibility index (Phi) is 2.73. The van der Waals surface area contributed by atoms with Gasteiger partial charge in [-0.1, -0.05) is 11.6 Å². The Morgan fingerprint density at radius 3 is 2.45 bits per heavy atom. The Bertz CT molecular complexity index is 275. The second-order valence-corrected chi connectivity index (χ2v) is 3.16. The Labute approximate surface area is 72.6 Å². The van der Waals surface area contributed by atoms with Crippen molar-refractivity contribution in [2.24, 2.45) is 0 Å². The van der Waals surface area contributed by atoms with Gasteiger partial charge >= 0.3 is 0 Å². The maximum absolute atomic E-state index is 12.7. The fourth-order valence-electron chi connectivity index (χ4n) is 0.661. The molecule has 0 aliphatic rings. The normalized spacial score (nSPS) is 10.2. The third-order valence-corrected chi connectivity index (χ3v) is 2.24. The molecule has 0 aliphatic heterocycles. The summed E-state index contributed by atoms with van der Waals surface area (Å²) in [5, 5.41) is -0.0456. The van der Waals surface area contributed by atoms with Gasteiger partial charge in [0, 0.05) is 11.0 Å². The maximum atomic E-state index is 12.7. The van der Waals surface area contributed by atoms with Crippen molar-refractivity contribution in [1.29, 1.82) is 0 Å². The molecule has 0 saturated carbocycles. The average Bonchev–Trinajstić information content (AvgIpc) is 1.97. The van der Waals surface area contributed by atoms with Gasteiger partial charge in [0.1, 0.15) is 11.6 Å². The van der Waals surface area contributed by atoms with Gasteiger partial charge in [-0.25, -0.2) is 8.78 Å². The second-order valence-electron chi connectivity index (χ2n) is 1.90. The molecule has 1 aromatic carbocycles. The van der Waals surface area contributed by atoms with Gasteiger partial charge in [-0.3, -0.25) is 0 Å². The van der Waals surface area contributed by atoms with Crippen LogP contribution in [-0.2, 0) is 0 Å². The predicted octanol–water partition coefficient (Wildman–Crippen LogP) is 3.34. The minimum absolute atomic E-state index is 0.0456. The van der Waals surface area contributed by atoms with E-state index in [1.165, 1.54) is 17.8 Å². The summed E-state index contributed by atoms with van der Waals surface area (Å²) < 4.78 is 25.2. The number of benzene rings is 1. The Hall–Kier alpha value is -0.280. The zero-order valence-corrected chi connectivity index (χ0v) is 7.27. The lowest BCUT2D eigenvalue weighted by molar-refractivity contribution is 0.566. The van der Waals surface area contributed by atoms with E-state index in [4.69, 9.17) is 11.6 Å². The number of thioether (sulfide) groups is 1. The average molecular weight is 195 g/mol. The van der Waals surface area contributed by atoms with Crippen molar-refractivity contribution in [3.63, 3.8) is 0 Å². The van der Waals surface area contributed by atoms with Crippen LogP contribution in [0.5, 0.6) is 0 Å². The van der Waals surface area contributed by atoms with E-state index in [2.05, 4.69) is 0 Å². The molecule has 0 nitrogen and oxygen atoms in total. The minimum atomic E-state index is -0.720. The fraction of sp³-hybridized carbons (Fsp3) is 0.143. The van der Waals surface area contributed by atoms with Crippen molar-refractivity contribution in [2.75, 3.05) is 6.26 Å².